The summed E-state index contributed by atoms with van der Waals surface area (Å²) in [7, 11) is 0. The van der Waals surface area contributed by atoms with Crippen molar-refractivity contribution < 1.29 is 14.6 Å². The number of aryl methyl sites for hydroxylation is 1. The van der Waals surface area contributed by atoms with Gasteiger partial charge in [0.05, 0.1) is 5.52 Å². The summed E-state index contributed by atoms with van der Waals surface area (Å²) >= 11 is 0. The fourth-order valence-corrected chi connectivity index (χ4v) is 3.80. The molecule has 4 aromatic rings. The molecule has 2 heterocycles. The molecule has 0 saturated heterocycles. The van der Waals surface area contributed by atoms with Crippen LogP contribution in [0.25, 0.3) is 16.6 Å². The van der Waals surface area contributed by atoms with Crippen LogP contribution in [0.15, 0.2) is 79.0 Å². The molecule has 1 N–H and O–H groups in total. The minimum atomic E-state index is -0.980. The number of hydrogen-bond acceptors (Lipinski definition) is 2. The Labute approximate surface area is 170 Å². The van der Waals surface area contributed by atoms with Gasteiger partial charge in [0, 0.05) is 18.3 Å². The van der Waals surface area contributed by atoms with E-state index in [0.717, 1.165) is 18.4 Å². The van der Waals surface area contributed by atoms with E-state index in [1.54, 1.807) is 0 Å². The minimum Gasteiger partial charge on any atom is -0.480 e. The molecule has 0 amide bonds. The van der Waals surface area contributed by atoms with Crippen LogP contribution in [-0.4, -0.2) is 22.1 Å². The summed E-state index contributed by atoms with van der Waals surface area (Å²) in [4.78, 5) is 10.9. The SMILES string of the molecule is CCc1cc2c(OCC(=O)O)cccn2c1Cc1ccccc1-c1ccccc1. The Morgan fingerprint density at radius 2 is 1.72 bits per heavy atom. The van der Waals surface area contributed by atoms with Gasteiger partial charge < -0.3 is 14.2 Å². The van der Waals surface area contributed by atoms with Gasteiger partial charge in [-0.15, -0.1) is 0 Å². The maximum Gasteiger partial charge on any atom is 0.341 e. The van der Waals surface area contributed by atoms with Gasteiger partial charge in [0.25, 0.3) is 0 Å². The van der Waals surface area contributed by atoms with Crippen LogP contribution < -0.4 is 4.74 Å². The Kier molecular flexibility index (Phi) is 5.34. The molecule has 0 saturated carbocycles. The van der Waals surface area contributed by atoms with Gasteiger partial charge in [0.1, 0.15) is 5.75 Å². The van der Waals surface area contributed by atoms with E-state index in [1.807, 2.05) is 24.4 Å². The van der Waals surface area contributed by atoms with E-state index in [9.17, 15) is 4.79 Å². The Bertz CT molecular complexity index is 1150. The summed E-state index contributed by atoms with van der Waals surface area (Å²) in [5, 5.41) is 8.95. The van der Waals surface area contributed by atoms with Gasteiger partial charge in [0.2, 0.25) is 0 Å². The van der Waals surface area contributed by atoms with Gasteiger partial charge in [0.15, 0.2) is 6.61 Å². The van der Waals surface area contributed by atoms with Crippen LogP contribution in [-0.2, 0) is 17.6 Å². The highest BCUT2D eigenvalue weighted by atomic mass is 16.5. The fraction of sp³-hybridized carbons (Fsp3) is 0.160. The standard InChI is InChI=1S/C25H23NO3/c1-2-18-15-23-24(29-17-25(27)28)13-8-14-26(23)22(18)16-20-11-6-7-12-21(20)19-9-4-3-5-10-19/h3-15H,2,16-17H2,1H3,(H,27,28). The van der Waals surface area contributed by atoms with Gasteiger partial charge in [-0.2, -0.15) is 0 Å². The first-order valence-corrected chi connectivity index (χ1v) is 9.77. The van der Waals surface area contributed by atoms with E-state index in [0.29, 0.717) is 5.75 Å². The van der Waals surface area contributed by atoms with Crippen LogP contribution in [0, 0.1) is 0 Å². The number of hydrogen-bond donors (Lipinski definition) is 1. The van der Waals surface area contributed by atoms with Crippen molar-refractivity contribution in [2.75, 3.05) is 6.61 Å². The third-order valence-electron chi connectivity index (χ3n) is 5.16. The molecule has 0 aliphatic heterocycles. The van der Waals surface area contributed by atoms with Crippen LogP contribution >= 0.6 is 0 Å². The quantitative estimate of drug-likeness (QED) is 0.474. The molecule has 2 aromatic heterocycles. The summed E-state index contributed by atoms with van der Waals surface area (Å²) in [6.07, 6.45) is 3.69. The summed E-state index contributed by atoms with van der Waals surface area (Å²) in [6.45, 7) is 1.79. The van der Waals surface area contributed by atoms with Crippen molar-refractivity contribution in [1.82, 2.24) is 4.40 Å². The third-order valence-corrected chi connectivity index (χ3v) is 5.16. The number of fused-ring (bicyclic) bond motifs is 1. The molecule has 0 spiro atoms. The average molecular weight is 385 g/mol. The van der Waals surface area contributed by atoms with E-state index in [-0.39, 0.29) is 6.61 Å². The lowest BCUT2D eigenvalue weighted by molar-refractivity contribution is -0.139. The number of benzene rings is 2. The highest BCUT2D eigenvalue weighted by Crippen LogP contribution is 2.30. The van der Waals surface area contributed by atoms with Crippen molar-refractivity contribution in [1.29, 1.82) is 0 Å². The van der Waals surface area contributed by atoms with Crippen molar-refractivity contribution >= 4 is 11.5 Å². The molecule has 29 heavy (non-hydrogen) atoms. The normalized spacial score (nSPS) is 10.9. The molecule has 0 fully saturated rings. The van der Waals surface area contributed by atoms with E-state index in [4.69, 9.17) is 9.84 Å². The second-order valence-corrected chi connectivity index (χ2v) is 6.98. The van der Waals surface area contributed by atoms with Crippen molar-refractivity contribution in [3.8, 4) is 16.9 Å². The predicted molar refractivity (Wildman–Crippen MR) is 115 cm³/mol. The number of rotatable bonds is 7. The second kappa shape index (κ2) is 8.23. The van der Waals surface area contributed by atoms with E-state index in [2.05, 4.69) is 65.9 Å². The van der Waals surface area contributed by atoms with Gasteiger partial charge >= 0.3 is 5.97 Å². The molecule has 146 valence electrons. The van der Waals surface area contributed by atoms with Crippen LogP contribution in [0.2, 0.25) is 0 Å². The smallest absolute Gasteiger partial charge is 0.341 e. The van der Waals surface area contributed by atoms with Crippen molar-refractivity contribution in [2.24, 2.45) is 0 Å². The van der Waals surface area contributed by atoms with Crippen LogP contribution in [0.3, 0.4) is 0 Å². The van der Waals surface area contributed by atoms with Crippen molar-refractivity contribution in [3.63, 3.8) is 0 Å². The highest BCUT2D eigenvalue weighted by Gasteiger charge is 2.15. The molecule has 4 nitrogen and oxygen atoms in total. The number of aromatic nitrogens is 1. The van der Waals surface area contributed by atoms with Gasteiger partial charge in [-0.05, 0) is 46.9 Å². The minimum absolute atomic E-state index is 0.349. The molecular weight excluding hydrogens is 362 g/mol. The lowest BCUT2D eigenvalue weighted by Crippen LogP contribution is -2.10. The molecule has 0 unspecified atom stereocenters. The first-order valence-electron chi connectivity index (χ1n) is 9.77. The van der Waals surface area contributed by atoms with Crippen LogP contribution in [0.5, 0.6) is 5.75 Å². The van der Waals surface area contributed by atoms with E-state index in [1.165, 1.54) is 27.9 Å². The number of nitrogens with zero attached hydrogens (tertiary/aromatic N) is 1. The Hall–Kier alpha value is -3.53. The summed E-state index contributed by atoms with van der Waals surface area (Å²) < 4.78 is 7.64. The van der Waals surface area contributed by atoms with Crippen LogP contribution in [0.1, 0.15) is 23.7 Å². The second-order valence-electron chi connectivity index (χ2n) is 6.98. The maximum atomic E-state index is 10.9. The third kappa shape index (κ3) is 3.87. The molecule has 4 rings (SSSR count). The molecule has 0 aliphatic carbocycles. The number of carboxylic acids is 1. The number of ether oxygens (including phenoxy) is 1. The molecular formula is C25H23NO3. The zero-order valence-corrected chi connectivity index (χ0v) is 16.3. The highest BCUT2D eigenvalue weighted by molar-refractivity contribution is 5.71. The summed E-state index contributed by atoms with van der Waals surface area (Å²) in [5.41, 5.74) is 7.02. The van der Waals surface area contributed by atoms with Crippen molar-refractivity contribution in [3.05, 3.63) is 95.8 Å². The van der Waals surface area contributed by atoms with Crippen LogP contribution in [0.4, 0.5) is 0 Å². The Morgan fingerprint density at radius 3 is 2.48 bits per heavy atom. The molecule has 0 aliphatic rings. The first kappa shape index (κ1) is 18.8. The Morgan fingerprint density at radius 1 is 0.966 bits per heavy atom. The monoisotopic (exact) mass is 385 g/mol. The summed E-state index contributed by atoms with van der Waals surface area (Å²) in [6, 6.07) is 24.7. The molecule has 0 bridgehead atoms. The summed E-state index contributed by atoms with van der Waals surface area (Å²) in [5.74, 6) is -0.390. The first-order chi connectivity index (χ1) is 14.2. The van der Waals surface area contributed by atoms with E-state index >= 15 is 0 Å². The van der Waals surface area contributed by atoms with Crippen molar-refractivity contribution in [2.45, 2.75) is 19.8 Å². The lowest BCUT2D eigenvalue weighted by atomic mass is 9.95. The Balaban J connectivity index is 1.78. The zero-order valence-electron chi connectivity index (χ0n) is 16.3. The van der Waals surface area contributed by atoms with Gasteiger partial charge in [-0.3, -0.25) is 0 Å². The topological polar surface area (TPSA) is 50.9 Å². The molecule has 0 radical (unpaired) electrons. The number of carbonyl (C=O) groups is 1. The van der Waals surface area contributed by atoms with Gasteiger partial charge in [-0.1, -0.05) is 61.5 Å². The average Bonchev–Trinajstić information content (AvgIpc) is 3.11. The maximum absolute atomic E-state index is 10.9. The largest absolute Gasteiger partial charge is 0.480 e. The number of aliphatic carboxylic acids is 1. The number of pyridine rings is 1. The molecule has 2 aromatic carbocycles. The lowest BCUT2D eigenvalue weighted by Gasteiger charge is -2.12. The van der Waals surface area contributed by atoms with E-state index < -0.39 is 5.97 Å². The van der Waals surface area contributed by atoms with Gasteiger partial charge in [-0.25, -0.2) is 4.79 Å². The fourth-order valence-electron chi connectivity index (χ4n) is 3.80. The molecule has 0 atom stereocenters. The zero-order chi connectivity index (χ0) is 20.2. The predicted octanol–water partition coefficient (Wildman–Crippen LogP) is 5.22. The molecule has 4 heteroatoms. The number of carboxylic acid groups (broad SMARTS) is 1.